The van der Waals surface area contributed by atoms with Gasteiger partial charge in [-0.2, -0.15) is 0 Å². The Balaban J connectivity index is 3.39. The molecule has 0 heterocycles. The maximum Gasteiger partial charge on any atom is 0.00276 e. The summed E-state index contributed by atoms with van der Waals surface area (Å²) in [5, 5.41) is 3.01. The lowest BCUT2D eigenvalue weighted by Gasteiger charge is -2.08. The molecule has 0 aromatic heterocycles. The first-order valence-corrected chi connectivity index (χ1v) is 3.64. The summed E-state index contributed by atoms with van der Waals surface area (Å²) in [4.78, 5) is 2.19. The Labute approximate surface area is 63.9 Å². The van der Waals surface area contributed by atoms with Crippen LogP contribution in [-0.2, 0) is 0 Å². The zero-order valence-corrected chi connectivity index (χ0v) is 7.44. The Morgan fingerprint density at radius 2 is 2.10 bits per heavy atom. The molecule has 0 fully saturated rings. The van der Waals surface area contributed by atoms with Gasteiger partial charge in [0.25, 0.3) is 0 Å². The Hall–Kier alpha value is -0.500. The molecule has 2 heteroatoms. The van der Waals surface area contributed by atoms with Crippen molar-refractivity contribution in [2.75, 3.05) is 27.7 Å². The van der Waals surface area contributed by atoms with Crippen molar-refractivity contribution >= 4 is 0 Å². The van der Waals surface area contributed by atoms with Crippen LogP contribution in [0.5, 0.6) is 0 Å². The van der Waals surface area contributed by atoms with E-state index in [1.165, 1.54) is 5.57 Å². The van der Waals surface area contributed by atoms with Crippen molar-refractivity contribution in [1.29, 1.82) is 0 Å². The average Bonchev–Trinajstić information content (AvgIpc) is 1.85. The highest BCUT2D eigenvalue weighted by molar-refractivity contribution is 4.95. The minimum Gasteiger partial charge on any atom is -0.394 e. The van der Waals surface area contributed by atoms with Gasteiger partial charge in [0.1, 0.15) is 0 Å². The van der Waals surface area contributed by atoms with E-state index in [9.17, 15) is 0 Å². The predicted octanol–water partition coefficient (Wildman–Crippen LogP) is 1.06. The van der Waals surface area contributed by atoms with Crippen molar-refractivity contribution in [3.05, 3.63) is 11.8 Å². The van der Waals surface area contributed by atoms with Gasteiger partial charge in [-0.25, -0.2) is 0 Å². The molecule has 0 unspecified atom stereocenters. The lowest BCUT2D eigenvalue weighted by molar-refractivity contribution is 0.413. The fourth-order valence-electron chi connectivity index (χ4n) is 0.719. The molecule has 0 aliphatic carbocycles. The topological polar surface area (TPSA) is 15.3 Å². The Bertz CT molecular complexity index is 106. The molecule has 0 aromatic rings. The molecule has 0 rings (SSSR count). The van der Waals surface area contributed by atoms with Crippen LogP contribution < -0.4 is 5.32 Å². The minimum atomic E-state index is 1.13. The maximum atomic E-state index is 3.01. The van der Waals surface area contributed by atoms with Crippen LogP contribution in [0.2, 0.25) is 0 Å². The molecule has 0 saturated carbocycles. The van der Waals surface area contributed by atoms with E-state index < -0.39 is 0 Å². The van der Waals surface area contributed by atoms with Crippen LogP contribution in [0.25, 0.3) is 0 Å². The van der Waals surface area contributed by atoms with E-state index in [2.05, 4.69) is 31.2 Å². The summed E-state index contributed by atoms with van der Waals surface area (Å²) in [5.74, 6) is 0. The van der Waals surface area contributed by atoms with Gasteiger partial charge in [-0.05, 0) is 33.6 Å². The highest BCUT2D eigenvalue weighted by atomic mass is 15.0. The lowest BCUT2D eigenvalue weighted by Crippen LogP contribution is -2.13. The summed E-state index contributed by atoms with van der Waals surface area (Å²) in [6.45, 7) is 3.27. The van der Waals surface area contributed by atoms with Crippen LogP contribution in [0.1, 0.15) is 13.3 Å². The summed E-state index contributed by atoms with van der Waals surface area (Å²) in [7, 11) is 6.11. The summed E-state index contributed by atoms with van der Waals surface area (Å²) in [5.41, 5.74) is 1.40. The lowest BCUT2D eigenvalue weighted by atomic mass is 10.2. The molecule has 0 amide bonds. The highest BCUT2D eigenvalue weighted by Crippen LogP contribution is 1.97. The summed E-state index contributed by atoms with van der Waals surface area (Å²) in [6.07, 6.45) is 3.19. The number of hydrogen-bond acceptors (Lipinski definition) is 2. The van der Waals surface area contributed by atoms with Crippen molar-refractivity contribution in [1.82, 2.24) is 10.2 Å². The molecule has 0 atom stereocenters. The highest BCUT2D eigenvalue weighted by Gasteiger charge is 1.90. The largest absolute Gasteiger partial charge is 0.394 e. The van der Waals surface area contributed by atoms with Gasteiger partial charge >= 0.3 is 0 Å². The van der Waals surface area contributed by atoms with Gasteiger partial charge in [-0.3, -0.25) is 0 Å². The molecule has 0 saturated heterocycles. The molecular weight excluding hydrogens is 124 g/mol. The van der Waals surface area contributed by atoms with E-state index >= 15 is 0 Å². The van der Waals surface area contributed by atoms with Gasteiger partial charge in [0.2, 0.25) is 0 Å². The molecular formula is C8H18N2. The van der Waals surface area contributed by atoms with E-state index in [1.807, 2.05) is 13.2 Å². The third kappa shape index (κ3) is 5.63. The molecule has 0 spiro atoms. The second-order valence-electron chi connectivity index (χ2n) is 2.83. The standard InChI is InChI=1S/C8H18N2/c1-8(7-9-2)5-6-10(3)4/h7,9H,5-6H2,1-4H3/b8-7+. The van der Waals surface area contributed by atoms with Crippen molar-refractivity contribution in [2.45, 2.75) is 13.3 Å². The summed E-state index contributed by atoms with van der Waals surface area (Å²) < 4.78 is 0. The molecule has 2 nitrogen and oxygen atoms in total. The van der Waals surface area contributed by atoms with Crippen molar-refractivity contribution in [3.8, 4) is 0 Å². The quantitative estimate of drug-likeness (QED) is 0.631. The minimum absolute atomic E-state index is 1.13. The molecule has 0 bridgehead atoms. The average molecular weight is 142 g/mol. The fraction of sp³-hybridized carbons (Fsp3) is 0.750. The Kier molecular flexibility index (Phi) is 5.03. The first-order valence-electron chi connectivity index (χ1n) is 3.64. The third-order valence-electron chi connectivity index (χ3n) is 1.34. The molecule has 0 radical (unpaired) electrons. The SMILES string of the molecule is CN/C=C(\C)CCN(C)C. The van der Waals surface area contributed by atoms with Crippen molar-refractivity contribution in [3.63, 3.8) is 0 Å². The number of rotatable bonds is 4. The van der Waals surface area contributed by atoms with Crippen LogP contribution in [0.15, 0.2) is 11.8 Å². The monoisotopic (exact) mass is 142 g/mol. The third-order valence-corrected chi connectivity index (χ3v) is 1.34. The van der Waals surface area contributed by atoms with Crippen LogP contribution >= 0.6 is 0 Å². The molecule has 0 aromatic carbocycles. The van der Waals surface area contributed by atoms with Gasteiger partial charge < -0.3 is 10.2 Å². The van der Waals surface area contributed by atoms with E-state index in [4.69, 9.17) is 0 Å². The second kappa shape index (κ2) is 5.30. The zero-order chi connectivity index (χ0) is 7.98. The predicted molar refractivity (Wildman–Crippen MR) is 46.0 cm³/mol. The van der Waals surface area contributed by atoms with Crippen LogP contribution in [0.4, 0.5) is 0 Å². The molecule has 1 N–H and O–H groups in total. The number of hydrogen-bond donors (Lipinski definition) is 1. The van der Waals surface area contributed by atoms with E-state index in [1.54, 1.807) is 0 Å². The van der Waals surface area contributed by atoms with Gasteiger partial charge in [0.15, 0.2) is 0 Å². The van der Waals surface area contributed by atoms with Gasteiger partial charge in [0.05, 0.1) is 0 Å². The van der Waals surface area contributed by atoms with E-state index in [0.29, 0.717) is 0 Å². The van der Waals surface area contributed by atoms with Crippen LogP contribution in [0, 0.1) is 0 Å². The van der Waals surface area contributed by atoms with Crippen LogP contribution in [0.3, 0.4) is 0 Å². The van der Waals surface area contributed by atoms with Gasteiger partial charge in [0, 0.05) is 13.6 Å². The first-order chi connectivity index (χ1) is 4.66. The van der Waals surface area contributed by atoms with Gasteiger partial charge in [-0.1, -0.05) is 5.57 Å². The molecule has 10 heavy (non-hydrogen) atoms. The zero-order valence-electron chi connectivity index (χ0n) is 7.44. The normalized spacial score (nSPS) is 12.3. The molecule has 0 aliphatic rings. The van der Waals surface area contributed by atoms with E-state index in [-0.39, 0.29) is 0 Å². The van der Waals surface area contributed by atoms with Crippen molar-refractivity contribution in [2.24, 2.45) is 0 Å². The molecule has 0 aliphatic heterocycles. The maximum absolute atomic E-state index is 3.01. The summed E-state index contributed by atoms with van der Waals surface area (Å²) in [6, 6.07) is 0. The Morgan fingerprint density at radius 3 is 2.50 bits per heavy atom. The number of nitrogens with zero attached hydrogens (tertiary/aromatic N) is 1. The van der Waals surface area contributed by atoms with Gasteiger partial charge in [-0.15, -0.1) is 0 Å². The smallest absolute Gasteiger partial charge is 0.00276 e. The van der Waals surface area contributed by atoms with Crippen LogP contribution in [-0.4, -0.2) is 32.6 Å². The first kappa shape index (κ1) is 9.50. The van der Waals surface area contributed by atoms with Crippen molar-refractivity contribution < 1.29 is 0 Å². The fourth-order valence-corrected chi connectivity index (χ4v) is 0.719. The Morgan fingerprint density at radius 1 is 1.50 bits per heavy atom. The number of nitrogens with one attached hydrogen (secondary N) is 1. The molecule has 60 valence electrons. The van der Waals surface area contributed by atoms with E-state index in [0.717, 1.165) is 13.0 Å². The second-order valence-corrected chi connectivity index (χ2v) is 2.83. The summed E-state index contributed by atoms with van der Waals surface area (Å²) >= 11 is 0.